The van der Waals surface area contributed by atoms with Gasteiger partial charge in [-0.3, -0.25) is 0 Å². The Morgan fingerprint density at radius 2 is 0.776 bits per heavy atom. The number of rotatable bonds is 30. The molecular weight excluding hydrogens is 721 g/mol. The van der Waals surface area contributed by atoms with E-state index in [1.54, 1.807) is 60.7 Å². The van der Waals surface area contributed by atoms with Gasteiger partial charge in [0.1, 0.15) is 23.0 Å². The Balaban J connectivity index is 1.10. The van der Waals surface area contributed by atoms with Gasteiger partial charge in [0, 0.05) is 0 Å². The fourth-order valence-corrected chi connectivity index (χ4v) is 6.78. The maximum absolute atomic E-state index is 12.8. The van der Waals surface area contributed by atoms with Gasteiger partial charge in [0.15, 0.2) is 0 Å². The molecule has 0 spiro atoms. The van der Waals surface area contributed by atoms with E-state index < -0.39 is 11.9 Å². The Kier molecular flexibility index (Phi) is 22.6. The second kappa shape index (κ2) is 28.5. The van der Waals surface area contributed by atoms with Gasteiger partial charge in [0.25, 0.3) is 0 Å². The molecule has 0 N–H and O–H groups in total. The van der Waals surface area contributed by atoms with Crippen LogP contribution in [0.25, 0.3) is 12.2 Å². The van der Waals surface area contributed by atoms with E-state index in [2.05, 4.69) is 26.0 Å². The normalized spacial score (nSPS) is 11.1. The minimum absolute atomic E-state index is 0.338. The fraction of sp³-hybridized carbons (Fsp3) is 0.462. The maximum Gasteiger partial charge on any atom is 0.343 e. The molecule has 4 rings (SSSR count). The van der Waals surface area contributed by atoms with Crippen LogP contribution in [0, 0.1) is 0 Å². The smallest absolute Gasteiger partial charge is 0.343 e. The van der Waals surface area contributed by atoms with Crippen molar-refractivity contribution in [3.8, 4) is 23.0 Å². The van der Waals surface area contributed by atoms with Crippen molar-refractivity contribution in [2.45, 2.75) is 142 Å². The van der Waals surface area contributed by atoms with E-state index in [0.29, 0.717) is 29.2 Å². The van der Waals surface area contributed by atoms with Crippen LogP contribution in [0.15, 0.2) is 97.1 Å². The van der Waals surface area contributed by atoms with E-state index in [0.717, 1.165) is 42.1 Å². The van der Waals surface area contributed by atoms with Crippen molar-refractivity contribution in [2.75, 3.05) is 13.2 Å². The Labute approximate surface area is 349 Å². The zero-order chi connectivity index (χ0) is 40.9. The molecule has 0 aliphatic heterocycles. The number of carbonyl (C=O) groups is 2. The quantitative estimate of drug-likeness (QED) is 0.0227. The van der Waals surface area contributed by atoms with E-state index in [9.17, 15) is 9.59 Å². The topological polar surface area (TPSA) is 71.1 Å². The number of hydrogen-bond donors (Lipinski definition) is 0. The lowest BCUT2D eigenvalue weighted by molar-refractivity contribution is 0.0730. The Morgan fingerprint density at radius 1 is 0.397 bits per heavy atom. The minimum Gasteiger partial charge on any atom is -0.494 e. The third-order valence-electron chi connectivity index (χ3n) is 10.3. The van der Waals surface area contributed by atoms with Gasteiger partial charge >= 0.3 is 11.9 Å². The summed E-state index contributed by atoms with van der Waals surface area (Å²) in [6, 6.07) is 28.8. The molecule has 0 aliphatic carbocycles. The second-order valence-electron chi connectivity index (χ2n) is 15.4. The Bertz CT molecular complexity index is 1730. The molecular formula is C52H68O6. The summed E-state index contributed by atoms with van der Waals surface area (Å²) in [5, 5.41) is 0. The summed E-state index contributed by atoms with van der Waals surface area (Å²) in [6.45, 7) is 5.93. The van der Waals surface area contributed by atoms with Crippen molar-refractivity contribution in [3.05, 3.63) is 119 Å². The minimum atomic E-state index is -0.496. The zero-order valence-corrected chi connectivity index (χ0v) is 35.4. The van der Waals surface area contributed by atoms with Crippen molar-refractivity contribution in [3.63, 3.8) is 0 Å². The standard InChI is InChI=1S/C52H68O6/c1-3-5-7-9-11-13-15-17-19-21-40-55-47-36-30-45(31-37-47)51(53)58-49-38-32-46(33-39-49)52(54)57-48-34-28-43(29-35-48)26-27-44-24-23-25-50(42-44)56-41-22-20-18-16-14-12-10-8-6-4-2/h23-39,42H,3-22,40-41H2,1-2H3/b27-26+. The molecule has 0 fully saturated rings. The van der Waals surface area contributed by atoms with Crippen LogP contribution in [0.5, 0.6) is 23.0 Å². The summed E-state index contributed by atoms with van der Waals surface area (Å²) in [5.41, 5.74) is 2.81. The summed E-state index contributed by atoms with van der Waals surface area (Å²) < 4.78 is 23.0. The lowest BCUT2D eigenvalue weighted by atomic mass is 10.1. The van der Waals surface area contributed by atoms with Gasteiger partial charge in [0.2, 0.25) is 0 Å². The largest absolute Gasteiger partial charge is 0.494 e. The molecule has 312 valence electrons. The van der Waals surface area contributed by atoms with Gasteiger partial charge in [-0.1, -0.05) is 166 Å². The molecule has 0 bridgehead atoms. The third-order valence-corrected chi connectivity index (χ3v) is 10.3. The van der Waals surface area contributed by atoms with Gasteiger partial charge in [-0.15, -0.1) is 0 Å². The average molecular weight is 789 g/mol. The summed E-state index contributed by atoms with van der Waals surface area (Å²) in [4.78, 5) is 25.6. The first-order valence-electron chi connectivity index (χ1n) is 22.3. The molecule has 0 amide bonds. The van der Waals surface area contributed by atoms with Crippen LogP contribution < -0.4 is 18.9 Å². The lowest BCUT2D eigenvalue weighted by Gasteiger charge is -2.08. The van der Waals surface area contributed by atoms with Gasteiger partial charge in [-0.25, -0.2) is 9.59 Å². The van der Waals surface area contributed by atoms with E-state index in [1.165, 1.54) is 116 Å². The van der Waals surface area contributed by atoms with Crippen molar-refractivity contribution in [1.29, 1.82) is 0 Å². The maximum atomic E-state index is 12.8. The summed E-state index contributed by atoms with van der Waals surface area (Å²) in [5.74, 6) is 1.43. The first-order valence-corrected chi connectivity index (χ1v) is 22.3. The first kappa shape index (κ1) is 45.9. The highest BCUT2D eigenvalue weighted by molar-refractivity contribution is 5.92. The highest BCUT2D eigenvalue weighted by atomic mass is 16.5. The molecule has 0 saturated heterocycles. The SMILES string of the molecule is CCCCCCCCCCCCOc1ccc(C(=O)Oc2ccc(C(=O)Oc3ccc(/C=C/c4cccc(OCCCCCCCCCCCC)c4)cc3)cc2)cc1. The molecule has 4 aromatic rings. The van der Waals surface area contributed by atoms with Gasteiger partial charge in [0.05, 0.1) is 24.3 Å². The summed E-state index contributed by atoms with van der Waals surface area (Å²) in [7, 11) is 0. The Hall–Kier alpha value is -4.84. The highest BCUT2D eigenvalue weighted by Crippen LogP contribution is 2.22. The van der Waals surface area contributed by atoms with Crippen molar-refractivity contribution in [1.82, 2.24) is 0 Å². The zero-order valence-electron chi connectivity index (χ0n) is 35.4. The average Bonchev–Trinajstić information content (AvgIpc) is 3.25. The monoisotopic (exact) mass is 789 g/mol. The molecule has 0 radical (unpaired) electrons. The number of esters is 2. The predicted molar refractivity (Wildman–Crippen MR) is 239 cm³/mol. The van der Waals surface area contributed by atoms with Crippen LogP contribution in [-0.4, -0.2) is 25.2 Å². The summed E-state index contributed by atoms with van der Waals surface area (Å²) in [6.07, 6.45) is 30.0. The van der Waals surface area contributed by atoms with Gasteiger partial charge < -0.3 is 18.9 Å². The molecule has 0 aromatic heterocycles. The van der Waals surface area contributed by atoms with E-state index in [1.807, 2.05) is 36.4 Å². The number of hydrogen-bond acceptors (Lipinski definition) is 6. The summed E-state index contributed by atoms with van der Waals surface area (Å²) >= 11 is 0. The highest BCUT2D eigenvalue weighted by Gasteiger charge is 2.12. The molecule has 58 heavy (non-hydrogen) atoms. The third kappa shape index (κ3) is 19.1. The van der Waals surface area contributed by atoms with Crippen LogP contribution in [-0.2, 0) is 0 Å². The lowest BCUT2D eigenvalue weighted by Crippen LogP contribution is -2.10. The molecule has 6 nitrogen and oxygen atoms in total. The van der Waals surface area contributed by atoms with Crippen LogP contribution in [0.2, 0.25) is 0 Å². The number of unbranched alkanes of at least 4 members (excludes halogenated alkanes) is 18. The fourth-order valence-electron chi connectivity index (χ4n) is 6.78. The van der Waals surface area contributed by atoms with Crippen LogP contribution >= 0.6 is 0 Å². The van der Waals surface area contributed by atoms with Crippen LogP contribution in [0.4, 0.5) is 0 Å². The first-order chi connectivity index (χ1) is 28.5. The van der Waals surface area contributed by atoms with Crippen molar-refractivity contribution in [2.24, 2.45) is 0 Å². The van der Waals surface area contributed by atoms with Crippen LogP contribution in [0.3, 0.4) is 0 Å². The van der Waals surface area contributed by atoms with E-state index in [-0.39, 0.29) is 0 Å². The van der Waals surface area contributed by atoms with Gasteiger partial charge in [-0.05, 0) is 96.8 Å². The number of benzene rings is 4. The van der Waals surface area contributed by atoms with Gasteiger partial charge in [-0.2, -0.15) is 0 Å². The van der Waals surface area contributed by atoms with Crippen LogP contribution in [0.1, 0.15) is 174 Å². The molecule has 0 aliphatic rings. The molecule has 4 aromatic carbocycles. The molecule has 0 atom stereocenters. The number of carbonyl (C=O) groups excluding carboxylic acids is 2. The molecule has 6 heteroatoms. The molecule has 0 saturated carbocycles. The predicted octanol–water partition coefficient (Wildman–Crippen LogP) is 14.9. The second-order valence-corrected chi connectivity index (χ2v) is 15.4. The van der Waals surface area contributed by atoms with E-state index >= 15 is 0 Å². The molecule has 0 heterocycles. The Morgan fingerprint density at radius 3 is 1.24 bits per heavy atom. The molecule has 0 unspecified atom stereocenters. The van der Waals surface area contributed by atoms with Crippen molar-refractivity contribution >= 4 is 24.1 Å². The van der Waals surface area contributed by atoms with E-state index in [4.69, 9.17) is 18.9 Å². The van der Waals surface area contributed by atoms with Crippen molar-refractivity contribution < 1.29 is 28.5 Å². The number of ether oxygens (including phenoxy) is 4.